The Morgan fingerprint density at radius 2 is 1.11 bits per heavy atom. The van der Waals surface area contributed by atoms with Gasteiger partial charge < -0.3 is 55.7 Å². The van der Waals surface area contributed by atoms with Crippen LogP contribution in [0.5, 0.6) is 0 Å². The quantitative estimate of drug-likeness (QED) is 0.0352. The van der Waals surface area contributed by atoms with Gasteiger partial charge in [0.1, 0.15) is 34.4 Å². The van der Waals surface area contributed by atoms with Crippen molar-refractivity contribution in [1.82, 2.24) is 36.8 Å². The van der Waals surface area contributed by atoms with E-state index in [2.05, 4.69) is 31.9 Å². The molecule has 4 atom stereocenters. The minimum atomic E-state index is -1.43. The highest BCUT2D eigenvalue weighted by Crippen LogP contribution is 2.26. The molecule has 0 spiro atoms. The summed E-state index contributed by atoms with van der Waals surface area (Å²) in [6.45, 7) is 15.7. The molecular formula is C53H82FN7O11. The minimum absolute atomic E-state index is 0.0540. The monoisotopic (exact) mass is 1010 g/mol. The van der Waals surface area contributed by atoms with Crippen LogP contribution in [0.15, 0.2) is 60.7 Å². The number of benzene rings is 2. The molecule has 0 radical (unpaired) electrons. The molecule has 19 heteroatoms. The molecule has 1 aliphatic rings. The van der Waals surface area contributed by atoms with Crippen LogP contribution in [0.2, 0.25) is 0 Å². The van der Waals surface area contributed by atoms with Crippen LogP contribution in [-0.4, -0.2) is 133 Å². The molecule has 18 nitrogen and oxygen atoms in total. The van der Waals surface area contributed by atoms with Gasteiger partial charge in [0.15, 0.2) is 0 Å². The summed E-state index contributed by atoms with van der Waals surface area (Å²) in [5.74, 6) is -2.05. The van der Waals surface area contributed by atoms with Gasteiger partial charge in [-0.15, -0.1) is 0 Å². The number of piperidine rings is 1. The number of esters is 1. The molecule has 0 aromatic heterocycles. The summed E-state index contributed by atoms with van der Waals surface area (Å²) in [4.78, 5) is 96.4. The summed E-state index contributed by atoms with van der Waals surface area (Å²) >= 11 is 0. The van der Waals surface area contributed by atoms with Crippen LogP contribution in [0.3, 0.4) is 0 Å². The van der Waals surface area contributed by atoms with Crippen molar-refractivity contribution in [3.63, 3.8) is 0 Å². The average molecular weight is 1010 g/mol. The fourth-order valence-corrected chi connectivity index (χ4v) is 8.01. The highest BCUT2D eigenvalue weighted by atomic mass is 19.1. The third kappa shape index (κ3) is 23.1. The van der Waals surface area contributed by atoms with Gasteiger partial charge in [-0.2, -0.15) is 0 Å². The maximum atomic E-state index is 14.6. The number of alkyl halides is 1. The van der Waals surface area contributed by atoms with E-state index in [0.29, 0.717) is 51.5 Å². The van der Waals surface area contributed by atoms with E-state index in [-0.39, 0.29) is 51.2 Å². The Hall–Kier alpha value is -5.98. The van der Waals surface area contributed by atoms with Crippen molar-refractivity contribution in [1.29, 1.82) is 0 Å². The Balaban J connectivity index is 1.90. The average Bonchev–Trinajstić information content (AvgIpc) is 3.29. The maximum absolute atomic E-state index is 14.6. The number of nitrogens with zero attached hydrogens (tertiary/aromatic N) is 1. The largest absolute Gasteiger partial charge is 0.467 e. The zero-order valence-electron chi connectivity index (χ0n) is 44.2. The van der Waals surface area contributed by atoms with Crippen molar-refractivity contribution in [3.05, 3.63) is 71.8 Å². The first kappa shape index (κ1) is 60.3. The van der Waals surface area contributed by atoms with E-state index < -0.39 is 89.2 Å². The van der Waals surface area contributed by atoms with Gasteiger partial charge in [-0.3, -0.25) is 18.8 Å². The highest BCUT2D eigenvalue weighted by molar-refractivity contribution is 5.92. The van der Waals surface area contributed by atoms with Crippen LogP contribution in [-0.2, 0) is 51.0 Å². The fourth-order valence-electron chi connectivity index (χ4n) is 8.01. The van der Waals surface area contributed by atoms with E-state index >= 15 is 0 Å². The van der Waals surface area contributed by atoms with Crippen LogP contribution in [0.4, 0.5) is 18.8 Å². The van der Waals surface area contributed by atoms with Crippen molar-refractivity contribution in [3.8, 4) is 0 Å². The molecule has 72 heavy (non-hydrogen) atoms. The van der Waals surface area contributed by atoms with Crippen molar-refractivity contribution < 1.29 is 56.9 Å². The number of methoxy groups -OCH3 is 1. The number of hydrogen-bond donors (Lipinski definition) is 6. The van der Waals surface area contributed by atoms with Gasteiger partial charge in [-0.05, 0) is 118 Å². The number of halogens is 1. The number of ether oxygens (including phenoxy) is 4. The summed E-state index contributed by atoms with van der Waals surface area (Å²) in [7, 11) is 1.23. The Labute approximate surface area is 425 Å². The van der Waals surface area contributed by atoms with Crippen molar-refractivity contribution in [2.75, 3.05) is 40.0 Å². The lowest BCUT2D eigenvalue weighted by atomic mass is 9.87. The number of unbranched alkanes of at least 4 members (excludes halogenated alkanes) is 3. The Bertz CT molecular complexity index is 2030. The van der Waals surface area contributed by atoms with E-state index in [1.807, 2.05) is 60.7 Å². The summed E-state index contributed by atoms with van der Waals surface area (Å²) in [5.41, 5.74) is -2.24. The topological polar surface area (TPSA) is 232 Å². The number of likely N-dealkylation sites (tertiary alicyclic amines) is 1. The zero-order valence-corrected chi connectivity index (χ0v) is 44.2. The van der Waals surface area contributed by atoms with Crippen molar-refractivity contribution >= 4 is 42.0 Å². The molecule has 3 rings (SSSR count). The molecular weight excluding hydrogens is 930 g/mol. The number of hydrogen-bond acceptors (Lipinski definition) is 12. The second-order valence-electron chi connectivity index (χ2n) is 21.3. The number of carbonyl (C=O) groups excluding carboxylic acids is 7. The smallest absolute Gasteiger partial charge is 0.408 e. The number of carbonyl (C=O) groups is 7. The van der Waals surface area contributed by atoms with Gasteiger partial charge >= 0.3 is 24.2 Å². The van der Waals surface area contributed by atoms with E-state index in [9.17, 15) is 38.0 Å². The van der Waals surface area contributed by atoms with Crippen molar-refractivity contribution in [2.24, 2.45) is 0 Å². The SMILES string of the molecule is COC(=O)C1(NC(=O)OC(C)(C)C)CCN(C(=O)C(CCCCNC(=O)OC(C)(C)C)NCC(CCCCCF)NC(=O)C(Cc2ccccc2)NC(=O)C(Cc2ccccc2)NC(=O)OC(C)(C)C)CC1. The van der Waals surface area contributed by atoms with Crippen LogP contribution in [0, 0.1) is 0 Å². The molecule has 0 bridgehead atoms. The molecule has 1 aliphatic heterocycles. The van der Waals surface area contributed by atoms with Crippen LogP contribution < -0.4 is 31.9 Å². The van der Waals surface area contributed by atoms with E-state index in [1.54, 1.807) is 67.2 Å². The standard InChI is InChI=1S/C53H82FN7O11/c1-50(2,3)70-47(66)55-31-21-19-27-40(45(64)61-32-28-53(29-33-61,46(65)69-10)60-49(68)72-52(7,8)9)56-36-39(26-18-13-20-30-54)57-43(62)41(34-37-22-14-11-15-23-37)58-44(63)42(35-38-24-16-12-17-25-38)59-48(67)71-51(4,5)6/h11-12,14-17,22-25,39-42,56H,13,18-21,26-36H2,1-10H3,(H,55,66)(H,57,62)(H,58,63)(H,59,67)(H,60,68). The summed E-state index contributed by atoms with van der Waals surface area (Å²) in [6.07, 6.45) is 1.34. The van der Waals surface area contributed by atoms with Gasteiger partial charge in [-0.1, -0.05) is 73.5 Å². The lowest BCUT2D eigenvalue weighted by molar-refractivity contribution is -0.153. The predicted molar refractivity (Wildman–Crippen MR) is 272 cm³/mol. The minimum Gasteiger partial charge on any atom is -0.467 e. The molecule has 2 aromatic rings. The lowest BCUT2D eigenvalue weighted by Gasteiger charge is -2.41. The molecule has 6 N–H and O–H groups in total. The Morgan fingerprint density at radius 3 is 1.64 bits per heavy atom. The van der Waals surface area contributed by atoms with Gasteiger partial charge in [0.2, 0.25) is 17.7 Å². The molecule has 0 aliphatic carbocycles. The first-order valence-electron chi connectivity index (χ1n) is 25.1. The third-order valence-corrected chi connectivity index (χ3v) is 11.5. The number of alkyl carbamates (subject to hydrolysis) is 3. The van der Waals surface area contributed by atoms with Gasteiger partial charge in [-0.25, -0.2) is 19.2 Å². The normalized spacial score (nSPS) is 15.3. The van der Waals surface area contributed by atoms with Gasteiger partial charge in [0.05, 0.1) is 19.8 Å². The molecule has 1 fully saturated rings. The van der Waals surface area contributed by atoms with Gasteiger partial charge in [0.25, 0.3) is 0 Å². The van der Waals surface area contributed by atoms with Crippen LogP contribution in [0.1, 0.15) is 131 Å². The molecule has 6 amide bonds. The second kappa shape index (κ2) is 28.9. The molecule has 4 unspecified atom stereocenters. The van der Waals surface area contributed by atoms with E-state index in [0.717, 1.165) is 11.1 Å². The summed E-state index contributed by atoms with van der Waals surface area (Å²) < 4.78 is 34.7. The molecule has 402 valence electrons. The number of nitrogens with one attached hydrogen (secondary N) is 6. The predicted octanol–water partition coefficient (Wildman–Crippen LogP) is 6.58. The molecule has 1 heterocycles. The fraction of sp³-hybridized carbons (Fsp3) is 0.642. The van der Waals surface area contributed by atoms with E-state index in [4.69, 9.17) is 18.9 Å². The van der Waals surface area contributed by atoms with Crippen LogP contribution >= 0.6 is 0 Å². The third-order valence-electron chi connectivity index (χ3n) is 11.5. The number of rotatable bonds is 25. The molecule has 1 saturated heterocycles. The first-order valence-corrected chi connectivity index (χ1v) is 25.1. The van der Waals surface area contributed by atoms with Crippen molar-refractivity contribution in [2.45, 2.75) is 179 Å². The van der Waals surface area contributed by atoms with E-state index in [1.165, 1.54) is 7.11 Å². The summed E-state index contributed by atoms with van der Waals surface area (Å²) in [6, 6.07) is 14.7. The summed E-state index contributed by atoms with van der Waals surface area (Å²) in [5, 5.41) is 17.6. The molecule has 0 saturated carbocycles. The Kier molecular flexibility index (Phi) is 24.2. The van der Waals surface area contributed by atoms with Crippen LogP contribution in [0.25, 0.3) is 0 Å². The molecule has 2 aromatic carbocycles. The lowest BCUT2D eigenvalue weighted by Crippen LogP contribution is -2.63. The maximum Gasteiger partial charge on any atom is 0.408 e. The number of amides is 6. The zero-order chi connectivity index (χ0) is 53.5. The van der Waals surface area contributed by atoms with Gasteiger partial charge in [0, 0.05) is 45.1 Å². The second-order valence-corrected chi connectivity index (χ2v) is 21.3. The Morgan fingerprint density at radius 1 is 0.611 bits per heavy atom. The first-order chi connectivity index (χ1) is 33.8. The highest BCUT2D eigenvalue weighted by Gasteiger charge is 2.46.